The minimum Gasteiger partial charge on any atom is -0.497 e. The number of hydrogen-bond donors (Lipinski definition) is 2. The molecule has 1 aromatic rings. The highest BCUT2D eigenvalue weighted by atomic mass is 16.5. The Hall–Kier alpha value is -2.24. The summed E-state index contributed by atoms with van der Waals surface area (Å²) in [5.41, 5.74) is 0.663. The smallest absolute Gasteiger partial charge is 0.321 e. The number of rotatable bonds is 6. The zero-order valence-electron chi connectivity index (χ0n) is 11.0. The molecule has 0 radical (unpaired) electrons. The van der Waals surface area contributed by atoms with Gasteiger partial charge >= 0.3 is 12.0 Å². The molecular weight excluding hydrogens is 248 g/mol. The average Bonchev–Trinajstić information content (AvgIpc) is 2.39. The van der Waals surface area contributed by atoms with Crippen molar-refractivity contribution in [3.8, 4) is 5.75 Å². The van der Waals surface area contributed by atoms with Crippen molar-refractivity contribution >= 4 is 17.7 Å². The fourth-order valence-electron chi connectivity index (χ4n) is 1.46. The van der Waals surface area contributed by atoms with Crippen LogP contribution in [0, 0.1) is 0 Å². The van der Waals surface area contributed by atoms with Crippen LogP contribution in [0.15, 0.2) is 24.3 Å². The van der Waals surface area contributed by atoms with Gasteiger partial charge in [0.25, 0.3) is 0 Å². The van der Waals surface area contributed by atoms with E-state index in [-0.39, 0.29) is 12.5 Å². The number of carbonyl (C=O) groups is 2. The third-order valence-corrected chi connectivity index (χ3v) is 2.57. The first-order valence-electron chi connectivity index (χ1n) is 5.91. The minimum absolute atomic E-state index is 0.0557. The maximum absolute atomic E-state index is 11.8. The van der Waals surface area contributed by atoms with Gasteiger partial charge in [-0.05, 0) is 30.7 Å². The van der Waals surface area contributed by atoms with Crippen molar-refractivity contribution < 1.29 is 19.4 Å². The predicted molar refractivity (Wildman–Crippen MR) is 71.5 cm³/mol. The van der Waals surface area contributed by atoms with Gasteiger partial charge in [-0.2, -0.15) is 0 Å². The SMILES string of the molecule is COc1ccc(NC(=O)N(C)CCCC(=O)O)cc1. The molecule has 0 aliphatic heterocycles. The van der Waals surface area contributed by atoms with E-state index in [1.165, 1.54) is 4.90 Å². The number of hydrogen-bond acceptors (Lipinski definition) is 3. The third-order valence-electron chi connectivity index (χ3n) is 2.57. The summed E-state index contributed by atoms with van der Waals surface area (Å²) in [5.74, 6) is -0.142. The molecule has 0 aliphatic rings. The number of carboxylic acid groups (broad SMARTS) is 1. The molecule has 1 aromatic carbocycles. The first-order valence-corrected chi connectivity index (χ1v) is 5.91. The first kappa shape index (κ1) is 14.8. The Balaban J connectivity index is 2.42. The average molecular weight is 266 g/mol. The zero-order chi connectivity index (χ0) is 14.3. The van der Waals surface area contributed by atoms with Gasteiger partial charge in [-0.15, -0.1) is 0 Å². The van der Waals surface area contributed by atoms with Crippen LogP contribution in [0.1, 0.15) is 12.8 Å². The van der Waals surface area contributed by atoms with Gasteiger partial charge in [0, 0.05) is 25.7 Å². The van der Waals surface area contributed by atoms with Gasteiger partial charge in [-0.25, -0.2) is 4.79 Å². The van der Waals surface area contributed by atoms with Crippen molar-refractivity contribution in [3.05, 3.63) is 24.3 Å². The van der Waals surface area contributed by atoms with Gasteiger partial charge in [0.1, 0.15) is 5.75 Å². The number of nitrogens with zero attached hydrogens (tertiary/aromatic N) is 1. The molecule has 0 aromatic heterocycles. The second-order valence-corrected chi connectivity index (χ2v) is 4.08. The van der Waals surface area contributed by atoms with E-state index in [1.54, 1.807) is 38.4 Å². The number of urea groups is 1. The fraction of sp³-hybridized carbons (Fsp3) is 0.385. The molecule has 2 amide bonds. The van der Waals surface area contributed by atoms with E-state index in [0.717, 1.165) is 0 Å². The molecule has 0 bridgehead atoms. The molecule has 104 valence electrons. The lowest BCUT2D eigenvalue weighted by Gasteiger charge is -2.17. The van der Waals surface area contributed by atoms with Crippen LogP contribution in [0.5, 0.6) is 5.75 Å². The summed E-state index contributed by atoms with van der Waals surface area (Å²) in [5, 5.41) is 11.2. The Labute approximate surface area is 112 Å². The molecule has 2 N–H and O–H groups in total. The molecule has 6 heteroatoms. The monoisotopic (exact) mass is 266 g/mol. The van der Waals surface area contributed by atoms with Crippen molar-refractivity contribution in [3.63, 3.8) is 0 Å². The quantitative estimate of drug-likeness (QED) is 0.825. The lowest BCUT2D eigenvalue weighted by atomic mass is 10.3. The normalized spacial score (nSPS) is 9.79. The zero-order valence-corrected chi connectivity index (χ0v) is 11.0. The summed E-state index contributed by atoms with van der Waals surface area (Å²) >= 11 is 0. The van der Waals surface area contributed by atoms with Crippen molar-refractivity contribution in [1.29, 1.82) is 0 Å². The Morgan fingerprint density at radius 2 is 1.95 bits per heavy atom. The predicted octanol–water partition coefficient (Wildman–Crippen LogP) is 2.02. The molecule has 0 saturated heterocycles. The molecule has 0 spiro atoms. The highest BCUT2D eigenvalue weighted by molar-refractivity contribution is 5.89. The highest BCUT2D eigenvalue weighted by Crippen LogP contribution is 2.15. The van der Waals surface area contributed by atoms with Gasteiger partial charge in [0.05, 0.1) is 7.11 Å². The summed E-state index contributed by atoms with van der Waals surface area (Å²) in [6.07, 6.45) is 0.488. The van der Waals surface area contributed by atoms with Crippen molar-refractivity contribution in [2.75, 3.05) is 26.0 Å². The molecule has 19 heavy (non-hydrogen) atoms. The van der Waals surface area contributed by atoms with Crippen LogP contribution in [-0.2, 0) is 4.79 Å². The van der Waals surface area contributed by atoms with E-state index in [2.05, 4.69) is 5.32 Å². The van der Waals surface area contributed by atoms with Crippen LogP contribution in [-0.4, -0.2) is 42.7 Å². The molecule has 0 saturated carbocycles. The van der Waals surface area contributed by atoms with Gasteiger partial charge in [-0.1, -0.05) is 0 Å². The maximum atomic E-state index is 11.8. The van der Waals surface area contributed by atoms with E-state index < -0.39 is 5.97 Å². The van der Waals surface area contributed by atoms with Crippen LogP contribution in [0.2, 0.25) is 0 Å². The lowest BCUT2D eigenvalue weighted by Crippen LogP contribution is -2.32. The van der Waals surface area contributed by atoms with Crippen LogP contribution in [0.4, 0.5) is 10.5 Å². The lowest BCUT2D eigenvalue weighted by molar-refractivity contribution is -0.137. The molecule has 0 atom stereocenters. The highest BCUT2D eigenvalue weighted by Gasteiger charge is 2.09. The summed E-state index contributed by atoms with van der Waals surface area (Å²) in [7, 11) is 3.20. The number of ether oxygens (including phenoxy) is 1. The van der Waals surface area contributed by atoms with Crippen LogP contribution in [0.3, 0.4) is 0 Å². The number of amides is 2. The van der Waals surface area contributed by atoms with Crippen LogP contribution in [0.25, 0.3) is 0 Å². The number of aliphatic carboxylic acids is 1. The molecular formula is C13H18N2O4. The summed E-state index contributed by atoms with van der Waals surface area (Å²) in [4.78, 5) is 23.6. The number of nitrogens with one attached hydrogen (secondary N) is 1. The van der Waals surface area contributed by atoms with Gasteiger partial charge in [-0.3, -0.25) is 4.79 Å². The van der Waals surface area contributed by atoms with E-state index >= 15 is 0 Å². The Morgan fingerprint density at radius 3 is 2.47 bits per heavy atom. The first-order chi connectivity index (χ1) is 9.02. The number of methoxy groups -OCH3 is 1. The topological polar surface area (TPSA) is 78.9 Å². The Kier molecular flexibility index (Phi) is 5.66. The molecule has 0 fully saturated rings. The van der Waals surface area contributed by atoms with Crippen molar-refractivity contribution in [2.24, 2.45) is 0 Å². The molecule has 6 nitrogen and oxygen atoms in total. The largest absolute Gasteiger partial charge is 0.497 e. The van der Waals surface area contributed by atoms with Crippen molar-refractivity contribution in [1.82, 2.24) is 4.90 Å². The summed E-state index contributed by atoms with van der Waals surface area (Å²) in [6, 6.07) is 6.71. The molecule has 1 rings (SSSR count). The number of benzene rings is 1. The van der Waals surface area contributed by atoms with E-state index in [9.17, 15) is 9.59 Å². The summed E-state index contributed by atoms with van der Waals surface area (Å²) < 4.78 is 5.02. The maximum Gasteiger partial charge on any atom is 0.321 e. The molecule has 0 heterocycles. The van der Waals surface area contributed by atoms with Crippen LogP contribution < -0.4 is 10.1 Å². The number of anilines is 1. The Bertz CT molecular complexity index is 431. The van der Waals surface area contributed by atoms with Gasteiger partial charge < -0.3 is 20.1 Å². The Morgan fingerprint density at radius 1 is 1.32 bits per heavy atom. The fourth-order valence-corrected chi connectivity index (χ4v) is 1.46. The second-order valence-electron chi connectivity index (χ2n) is 4.08. The van der Waals surface area contributed by atoms with Gasteiger partial charge in [0.2, 0.25) is 0 Å². The van der Waals surface area contributed by atoms with E-state index in [0.29, 0.717) is 24.4 Å². The standard InChI is InChI=1S/C13H18N2O4/c1-15(9-3-4-12(16)17)13(18)14-10-5-7-11(19-2)8-6-10/h5-8H,3-4,9H2,1-2H3,(H,14,18)(H,16,17). The van der Waals surface area contributed by atoms with E-state index in [4.69, 9.17) is 9.84 Å². The van der Waals surface area contributed by atoms with Crippen LogP contribution >= 0.6 is 0 Å². The third kappa shape index (κ3) is 5.29. The van der Waals surface area contributed by atoms with Crippen molar-refractivity contribution in [2.45, 2.75) is 12.8 Å². The molecule has 0 unspecified atom stereocenters. The number of carbonyl (C=O) groups excluding carboxylic acids is 1. The minimum atomic E-state index is -0.857. The second kappa shape index (κ2) is 7.25. The number of carboxylic acids is 1. The molecule has 0 aliphatic carbocycles. The summed E-state index contributed by atoms with van der Waals surface area (Å²) in [6.45, 7) is 0.397. The van der Waals surface area contributed by atoms with E-state index in [1.807, 2.05) is 0 Å². The van der Waals surface area contributed by atoms with Gasteiger partial charge in [0.15, 0.2) is 0 Å².